The minimum Gasteiger partial charge on any atom is -0.497 e. The van der Waals surface area contributed by atoms with Crippen molar-refractivity contribution >= 4 is 18.0 Å². The smallest absolute Gasteiger partial charge is 0.355 e. The van der Waals surface area contributed by atoms with Gasteiger partial charge in [-0.25, -0.2) is 4.79 Å². The Morgan fingerprint density at radius 2 is 1.76 bits per heavy atom. The van der Waals surface area contributed by atoms with Crippen LogP contribution in [0.3, 0.4) is 0 Å². The molecule has 2 aromatic carbocycles. The monoisotopic (exact) mass is 337 g/mol. The van der Waals surface area contributed by atoms with E-state index in [9.17, 15) is 9.59 Å². The van der Waals surface area contributed by atoms with Gasteiger partial charge >= 0.3 is 5.97 Å². The van der Waals surface area contributed by atoms with E-state index >= 15 is 0 Å². The third-order valence-corrected chi connectivity index (χ3v) is 3.26. The van der Waals surface area contributed by atoms with Crippen LogP contribution >= 0.6 is 0 Å². The van der Waals surface area contributed by atoms with Crippen molar-refractivity contribution in [2.45, 2.75) is 0 Å². The van der Waals surface area contributed by atoms with E-state index in [0.29, 0.717) is 11.3 Å². The van der Waals surface area contributed by atoms with Crippen molar-refractivity contribution in [3.05, 3.63) is 84.1 Å². The SMILES string of the molecule is C=CCOC(=O)C(=Cc1ccc(OC)cc1)NC(=O)c1ccccc1. The molecule has 5 heteroatoms. The third kappa shape index (κ3) is 5.35. The second-order valence-corrected chi connectivity index (χ2v) is 5.04. The van der Waals surface area contributed by atoms with Crippen LogP contribution in [-0.4, -0.2) is 25.6 Å². The van der Waals surface area contributed by atoms with Crippen LogP contribution in [-0.2, 0) is 9.53 Å². The quantitative estimate of drug-likeness (QED) is 0.479. The molecule has 0 aromatic heterocycles. The van der Waals surface area contributed by atoms with Gasteiger partial charge in [0.25, 0.3) is 5.91 Å². The molecule has 0 unspecified atom stereocenters. The topological polar surface area (TPSA) is 64.6 Å². The van der Waals surface area contributed by atoms with Gasteiger partial charge in [0.05, 0.1) is 7.11 Å². The zero-order valence-corrected chi connectivity index (χ0v) is 13.9. The molecule has 0 aliphatic carbocycles. The number of hydrogen-bond acceptors (Lipinski definition) is 4. The van der Waals surface area contributed by atoms with Crippen LogP contribution < -0.4 is 10.1 Å². The number of carbonyl (C=O) groups excluding carboxylic acids is 2. The summed E-state index contributed by atoms with van der Waals surface area (Å²) in [4.78, 5) is 24.5. The highest BCUT2D eigenvalue weighted by atomic mass is 16.5. The molecule has 5 nitrogen and oxygen atoms in total. The lowest BCUT2D eigenvalue weighted by Gasteiger charge is -2.10. The summed E-state index contributed by atoms with van der Waals surface area (Å²) in [6.07, 6.45) is 3.01. The average Bonchev–Trinajstić information content (AvgIpc) is 2.66. The first kappa shape index (κ1) is 18.0. The van der Waals surface area contributed by atoms with Crippen LogP contribution in [0, 0.1) is 0 Å². The standard InChI is InChI=1S/C20H19NO4/c1-3-13-25-20(23)18(14-15-9-11-17(24-2)12-10-15)21-19(22)16-7-5-4-6-8-16/h3-12,14H,1,13H2,2H3,(H,21,22). The van der Waals surface area contributed by atoms with Crippen molar-refractivity contribution in [2.75, 3.05) is 13.7 Å². The van der Waals surface area contributed by atoms with Crippen molar-refractivity contribution in [3.8, 4) is 5.75 Å². The van der Waals surface area contributed by atoms with E-state index in [2.05, 4.69) is 11.9 Å². The van der Waals surface area contributed by atoms with Gasteiger partial charge in [0.2, 0.25) is 0 Å². The molecule has 0 radical (unpaired) electrons. The Morgan fingerprint density at radius 3 is 2.36 bits per heavy atom. The van der Waals surface area contributed by atoms with E-state index in [-0.39, 0.29) is 12.3 Å². The number of benzene rings is 2. The summed E-state index contributed by atoms with van der Waals surface area (Å²) in [6, 6.07) is 15.7. The maximum absolute atomic E-state index is 12.3. The summed E-state index contributed by atoms with van der Waals surface area (Å²) >= 11 is 0. The first-order valence-electron chi connectivity index (χ1n) is 7.64. The van der Waals surface area contributed by atoms with E-state index in [1.165, 1.54) is 6.08 Å². The zero-order chi connectivity index (χ0) is 18.1. The van der Waals surface area contributed by atoms with Crippen molar-refractivity contribution < 1.29 is 19.1 Å². The molecule has 0 heterocycles. The molecule has 128 valence electrons. The Morgan fingerprint density at radius 1 is 1.08 bits per heavy atom. The number of ether oxygens (including phenoxy) is 2. The van der Waals surface area contributed by atoms with Gasteiger partial charge in [-0.2, -0.15) is 0 Å². The third-order valence-electron chi connectivity index (χ3n) is 3.26. The summed E-state index contributed by atoms with van der Waals surface area (Å²) in [5.41, 5.74) is 1.21. The number of esters is 1. The summed E-state index contributed by atoms with van der Waals surface area (Å²) < 4.78 is 10.1. The Hall–Kier alpha value is -3.34. The largest absolute Gasteiger partial charge is 0.497 e. The summed E-state index contributed by atoms with van der Waals surface area (Å²) in [6.45, 7) is 3.56. The van der Waals surface area contributed by atoms with Gasteiger partial charge in [0.1, 0.15) is 18.1 Å². The van der Waals surface area contributed by atoms with Crippen LogP contribution in [0.2, 0.25) is 0 Å². The number of amides is 1. The fraction of sp³-hybridized carbons (Fsp3) is 0.100. The Bertz CT molecular complexity index is 764. The molecule has 0 bridgehead atoms. The molecule has 2 aromatic rings. The van der Waals surface area contributed by atoms with E-state index in [1.54, 1.807) is 61.7 Å². The summed E-state index contributed by atoms with van der Waals surface area (Å²) in [7, 11) is 1.57. The molecule has 0 spiro atoms. The van der Waals surface area contributed by atoms with E-state index in [0.717, 1.165) is 5.56 Å². The predicted octanol–water partition coefficient (Wildman–Crippen LogP) is 3.20. The fourth-order valence-corrected chi connectivity index (χ4v) is 2.01. The number of rotatable bonds is 7. The molecule has 0 aliphatic heterocycles. The van der Waals surface area contributed by atoms with Gasteiger partial charge < -0.3 is 14.8 Å². The molecule has 1 N–H and O–H groups in total. The number of hydrogen-bond donors (Lipinski definition) is 1. The van der Waals surface area contributed by atoms with Crippen LogP contribution in [0.5, 0.6) is 5.75 Å². The van der Waals surface area contributed by atoms with Crippen LogP contribution in [0.15, 0.2) is 72.9 Å². The number of methoxy groups -OCH3 is 1. The van der Waals surface area contributed by atoms with Crippen LogP contribution in [0.1, 0.15) is 15.9 Å². The maximum atomic E-state index is 12.3. The lowest BCUT2D eigenvalue weighted by atomic mass is 10.1. The molecule has 0 fully saturated rings. The highest BCUT2D eigenvalue weighted by Gasteiger charge is 2.15. The molecule has 1 amide bonds. The minimum absolute atomic E-state index is 0.0425. The molecular formula is C20H19NO4. The highest BCUT2D eigenvalue weighted by Crippen LogP contribution is 2.14. The Labute approximate surface area is 146 Å². The number of carbonyl (C=O) groups is 2. The molecular weight excluding hydrogens is 318 g/mol. The lowest BCUT2D eigenvalue weighted by molar-refractivity contribution is -0.138. The summed E-state index contributed by atoms with van der Waals surface area (Å²) in [5.74, 6) is -0.336. The van der Waals surface area contributed by atoms with Gasteiger partial charge in [0, 0.05) is 5.56 Å². The van der Waals surface area contributed by atoms with Crippen molar-refractivity contribution in [1.82, 2.24) is 5.32 Å². The fourth-order valence-electron chi connectivity index (χ4n) is 2.01. The first-order chi connectivity index (χ1) is 12.1. The first-order valence-corrected chi connectivity index (χ1v) is 7.64. The van der Waals surface area contributed by atoms with Crippen LogP contribution in [0.4, 0.5) is 0 Å². The number of nitrogens with one attached hydrogen (secondary N) is 1. The van der Waals surface area contributed by atoms with Crippen molar-refractivity contribution in [1.29, 1.82) is 0 Å². The Balaban J connectivity index is 2.25. The lowest BCUT2D eigenvalue weighted by Crippen LogP contribution is -2.28. The van der Waals surface area contributed by atoms with Gasteiger partial charge in [-0.15, -0.1) is 0 Å². The average molecular weight is 337 g/mol. The molecule has 2 rings (SSSR count). The molecule has 0 saturated carbocycles. The maximum Gasteiger partial charge on any atom is 0.355 e. The normalized spacial score (nSPS) is 10.7. The van der Waals surface area contributed by atoms with Gasteiger partial charge in [-0.3, -0.25) is 4.79 Å². The van der Waals surface area contributed by atoms with E-state index in [4.69, 9.17) is 9.47 Å². The van der Waals surface area contributed by atoms with Crippen LogP contribution in [0.25, 0.3) is 6.08 Å². The van der Waals surface area contributed by atoms with Gasteiger partial charge in [-0.05, 0) is 35.9 Å². The summed E-state index contributed by atoms with van der Waals surface area (Å²) in [5, 5.41) is 2.60. The zero-order valence-electron chi connectivity index (χ0n) is 13.9. The van der Waals surface area contributed by atoms with Crippen molar-refractivity contribution in [2.24, 2.45) is 0 Å². The second-order valence-electron chi connectivity index (χ2n) is 5.04. The highest BCUT2D eigenvalue weighted by molar-refractivity contribution is 6.03. The molecule has 0 aliphatic rings. The van der Waals surface area contributed by atoms with E-state index < -0.39 is 11.9 Å². The molecule has 25 heavy (non-hydrogen) atoms. The van der Waals surface area contributed by atoms with E-state index in [1.807, 2.05) is 6.07 Å². The van der Waals surface area contributed by atoms with Crippen molar-refractivity contribution in [3.63, 3.8) is 0 Å². The molecule has 0 atom stereocenters. The predicted molar refractivity (Wildman–Crippen MR) is 96.0 cm³/mol. The van der Waals surface area contributed by atoms with Gasteiger partial charge in [0.15, 0.2) is 0 Å². The Kier molecular flexibility index (Phi) is 6.54. The molecule has 0 saturated heterocycles. The van der Waals surface area contributed by atoms with Gasteiger partial charge in [-0.1, -0.05) is 43.0 Å². The second kappa shape index (κ2) is 9.08. The minimum atomic E-state index is -0.639.